The molecular formula is C26H41N3O4. The van der Waals surface area contributed by atoms with Gasteiger partial charge in [0.05, 0.1) is 32.5 Å². The lowest BCUT2D eigenvalue weighted by Crippen LogP contribution is -2.43. The highest BCUT2D eigenvalue weighted by Gasteiger charge is 2.22. The van der Waals surface area contributed by atoms with Gasteiger partial charge in [-0.15, -0.1) is 0 Å². The van der Waals surface area contributed by atoms with Crippen LogP contribution in [0.25, 0.3) is 0 Å². The zero-order valence-electron chi connectivity index (χ0n) is 20.6. The molecule has 0 saturated carbocycles. The molecule has 0 aliphatic heterocycles. The van der Waals surface area contributed by atoms with E-state index in [2.05, 4.69) is 6.92 Å². The molecule has 2 rings (SSSR count). The maximum Gasteiger partial charge on any atom is 0.242 e. The number of unbranched alkanes of at least 4 members (excludes halogenated alkanes) is 6. The van der Waals surface area contributed by atoms with Gasteiger partial charge >= 0.3 is 0 Å². The van der Waals surface area contributed by atoms with Gasteiger partial charge in [-0.05, 0) is 30.7 Å². The Morgan fingerprint density at radius 2 is 1.73 bits per heavy atom. The fourth-order valence-corrected chi connectivity index (χ4v) is 3.83. The molecule has 2 heterocycles. The van der Waals surface area contributed by atoms with Crippen LogP contribution in [-0.2, 0) is 34.5 Å². The van der Waals surface area contributed by atoms with Crippen molar-refractivity contribution in [1.29, 1.82) is 0 Å². The van der Waals surface area contributed by atoms with Crippen LogP contribution in [0.15, 0.2) is 41.1 Å². The standard InChI is InChI=1S/C26H41N3O4/c1-4-5-6-7-8-9-10-15-25(30)28(17-19-32-3)22-26(31)29(21-24-14-12-18-33-24)20-23-13-11-16-27(23)2/h11-14,16,18H,4-10,15,17,19-22H2,1-3H3. The molecule has 0 N–H and O–H groups in total. The molecule has 184 valence electrons. The lowest BCUT2D eigenvalue weighted by atomic mass is 10.1. The second-order valence-corrected chi connectivity index (χ2v) is 8.62. The zero-order valence-corrected chi connectivity index (χ0v) is 20.6. The van der Waals surface area contributed by atoms with E-state index in [-0.39, 0.29) is 18.4 Å². The Bertz CT molecular complexity index is 800. The van der Waals surface area contributed by atoms with Crippen molar-refractivity contribution in [3.63, 3.8) is 0 Å². The van der Waals surface area contributed by atoms with E-state index in [1.54, 1.807) is 23.2 Å². The molecule has 7 heteroatoms. The molecule has 0 fully saturated rings. The van der Waals surface area contributed by atoms with E-state index < -0.39 is 0 Å². The normalized spacial score (nSPS) is 11.0. The predicted octanol–water partition coefficient (Wildman–Crippen LogP) is 4.76. The number of amides is 2. The fourth-order valence-electron chi connectivity index (χ4n) is 3.83. The third kappa shape index (κ3) is 9.86. The number of ether oxygens (including phenoxy) is 1. The third-order valence-electron chi connectivity index (χ3n) is 5.92. The van der Waals surface area contributed by atoms with E-state index in [0.717, 1.165) is 30.7 Å². The van der Waals surface area contributed by atoms with Crippen LogP contribution in [0.1, 0.15) is 69.7 Å². The predicted molar refractivity (Wildman–Crippen MR) is 129 cm³/mol. The largest absolute Gasteiger partial charge is 0.467 e. The Kier molecular flexibility index (Phi) is 12.4. The molecular weight excluding hydrogens is 418 g/mol. The molecule has 7 nitrogen and oxygen atoms in total. The first-order chi connectivity index (χ1) is 16.0. The second kappa shape index (κ2) is 15.3. The van der Waals surface area contributed by atoms with Crippen LogP contribution in [0, 0.1) is 0 Å². The Labute approximate surface area is 198 Å². The Morgan fingerprint density at radius 3 is 2.36 bits per heavy atom. The highest BCUT2D eigenvalue weighted by molar-refractivity contribution is 5.84. The van der Waals surface area contributed by atoms with E-state index in [9.17, 15) is 9.59 Å². The maximum absolute atomic E-state index is 13.3. The highest BCUT2D eigenvalue weighted by atomic mass is 16.5. The Balaban J connectivity index is 1.95. The molecule has 0 radical (unpaired) electrons. The quantitative estimate of drug-likeness (QED) is 0.320. The molecule has 0 saturated heterocycles. The first-order valence-corrected chi connectivity index (χ1v) is 12.2. The summed E-state index contributed by atoms with van der Waals surface area (Å²) in [6.07, 6.45) is 12.1. The molecule has 2 amide bonds. The molecule has 2 aromatic rings. The van der Waals surface area contributed by atoms with Crippen molar-refractivity contribution in [2.24, 2.45) is 7.05 Å². The van der Waals surface area contributed by atoms with E-state index >= 15 is 0 Å². The molecule has 0 atom stereocenters. The number of aryl methyl sites for hydroxylation is 1. The van der Waals surface area contributed by atoms with Crippen molar-refractivity contribution in [3.8, 4) is 0 Å². The lowest BCUT2D eigenvalue weighted by Gasteiger charge is -2.27. The highest BCUT2D eigenvalue weighted by Crippen LogP contribution is 2.13. The van der Waals surface area contributed by atoms with Gasteiger partial charge in [-0.25, -0.2) is 0 Å². The summed E-state index contributed by atoms with van der Waals surface area (Å²) in [4.78, 5) is 29.6. The van der Waals surface area contributed by atoms with Crippen molar-refractivity contribution >= 4 is 11.8 Å². The number of rotatable bonds is 17. The summed E-state index contributed by atoms with van der Waals surface area (Å²) in [5, 5.41) is 0. The molecule has 0 aromatic carbocycles. The monoisotopic (exact) mass is 459 g/mol. The van der Waals surface area contributed by atoms with Gasteiger partial charge in [0.2, 0.25) is 11.8 Å². The number of carbonyl (C=O) groups excluding carboxylic acids is 2. The van der Waals surface area contributed by atoms with Crippen LogP contribution >= 0.6 is 0 Å². The first kappa shape index (κ1) is 26.7. The molecule has 33 heavy (non-hydrogen) atoms. The van der Waals surface area contributed by atoms with Crippen molar-refractivity contribution in [3.05, 3.63) is 48.2 Å². The van der Waals surface area contributed by atoms with Gasteiger partial charge < -0.3 is 23.5 Å². The third-order valence-corrected chi connectivity index (χ3v) is 5.92. The first-order valence-electron chi connectivity index (χ1n) is 12.2. The average molecular weight is 460 g/mol. The molecule has 0 spiro atoms. The van der Waals surface area contributed by atoms with Crippen LogP contribution in [0.3, 0.4) is 0 Å². The number of carbonyl (C=O) groups is 2. The number of aromatic nitrogens is 1. The minimum atomic E-state index is -0.100. The van der Waals surface area contributed by atoms with Crippen LogP contribution in [-0.4, -0.2) is 53.0 Å². The molecule has 0 aliphatic carbocycles. The lowest BCUT2D eigenvalue weighted by molar-refractivity contribution is -0.142. The zero-order chi connectivity index (χ0) is 23.9. The molecule has 0 bridgehead atoms. The number of nitrogens with zero attached hydrogens (tertiary/aromatic N) is 3. The topological polar surface area (TPSA) is 67.9 Å². The summed E-state index contributed by atoms with van der Waals surface area (Å²) in [5.74, 6) is 0.637. The van der Waals surface area contributed by atoms with Gasteiger partial charge in [0, 0.05) is 39.0 Å². The SMILES string of the molecule is CCCCCCCCCC(=O)N(CCOC)CC(=O)N(Cc1ccco1)Cc1cccn1C. The van der Waals surface area contributed by atoms with Gasteiger partial charge in [-0.3, -0.25) is 9.59 Å². The smallest absolute Gasteiger partial charge is 0.242 e. The van der Waals surface area contributed by atoms with Crippen LogP contribution in [0.5, 0.6) is 0 Å². The van der Waals surface area contributed by atoms with Gasteiger partial charge in [0.1, 0.15) is 5.76 Å². The molecule has 0 aliphatic rings. The minimum Gasteiger partial charge on any atom is -0.467 e. The van der Waals surface area contributed by atoms with Crippen LogP contribution in [0.2, 0.25) is 0 Å². The fraction of sp³-hybridized carbons (Fsp3) is 0.615. The molecule has 0 unspecified atom stereocenters. The van der Waals surface area contributed by atoms with Crippen molar-refractivity contribution < 1.29 is 18.7 Å². The van der Waals surface area contributed by atoms with Gasteiger partial charge in [0.15, 0.2) is 0 Å². The van der Waals surface area contributed by atoms with Crippen LogP contribution < -0.4 is 0 Å². The summed E-state index contributed by atoms with van der Waals surface area (Å²) in [6.45, 7) is 3.89. The Morgan fingerprint density at radius 1 is 0.970 bits per heavy atom. The second-order valence-electron chi connectivity index (χ2n) is 8.62. The van der Waals surface area contributed by atoms with E-state index in [0.29, 0.717) is 32.7 Å². The maximum atomic E-state index is 13.3. The Hall–Kier alpha value is -2.54. The summed E-state index contributed by atoms with van der Waals surface area (Å²) in [5.41, 5.74) is 1.02. The van der Waals surface area contributed by atoms with Crippen molar-refractivity contribution in [2.75, 3.05) is 26.8 Å². The van der Waals surface area contributed by atoms with Gasteiger partial charge in [0.25, 0.3) is 0 Å². The van der Waals surface area contributed by atoms with E-state index in [1.807, 2.05) is 42.1 Å². The number of methoxy groups -OCH3 is 1. The summed E-state index contributed by atoms with van der Waals surface area (Å²) in [7, 11) is 3.57. The van der Waals surface area contributed by atoms with Gasteiger partial charge in [-0.1, -0.05) is 45.4 Å². The summed E-state index contributed by atoms with van der Waals surface area (Å²) >= 11 is 0. The van der Waals surface area contributed by atoms with E-state index in [1.165, 1.54) is 25.7 Å². The number of hydrogen-bond donors (Lipinski definition) is 0. The van der Waals surface area contributed by atoms with E-state index in [4.69, 9.17) is 9.15 Å². The van der Waals surface area contributed by atoms with Gasteiger partial charge in [-0.2, -0.15) is 0 Å². The number of hydrogen-bond acceptors (Lipinski definition) is 4. The van der Waals surface area contributed by atoms with Crippen LogP contribution in [0.4, 0.5) is 0 Å². The average Bonchev–Trinajstić information content (AvgIpc) is 3.47. The molecule has 2 aromatic heterocycles. The summed E-state index contributed by atoms with van der Waals surface area (Å²) in [6, 6.07) is 7.63. The summed E-state index contributed by atoms with van der Waals surface area (Å²) < 4.78 is 12.7. The van der Waals surface area contributed by atoms with Crippen molar-refractivity contribution in [1.82, 2.24) is 14.4 Å². The van der Waals surface area contributed by atoms with Crippen molar-refractivity contribution in [2.45, 2.75) is 71.4 Å². The number of furan rings is 1. The minimum absolute atomic E-state index is 0.0192.